The highest BCUT2D eigenvalue weighted by Crippen LogP contribution is 2.43. The Bertz CT molecular complexity index is 525. The van der Waals surface area contributed by atoms with Gasteiger partial charge in [-0.2, -0.15) is 0 Å². The van der Waals surface area contributed by atoms with E-state index in [-0.39, 0.29) is 12.0 Å². The largest absolute Gasteiger partial charge is 0.481 e. The summed E-state index contributed by atoms with van der Waals surface area (Å²) in [5.74, 6) is -4.16. The van der Waals surface area contributed by atoms with E-state index in [0.717, 1.165) is 0 Å². The molecule has 0 aliphatic rings. The van der Waals surface area contributed by atoms with Gasteiger partial charge in [-0.3, -0.25) is 4.79 Å². The summed E-state index contributed by atoms with van der Waals surface area (Å²) in [6, 6.07) is 2.90. The quantitative estimate of drug-likeness (QED) is 0.836. The summed E-state index contributed by atoms with van der Waals surface area (Å²) in [6.45, 7) is 6.32. The molecule has 0 atom stereocenters. The number of aliphatic carboxylic acids is 1. The van der Waals surface area contributed by atoms with E-state index in [9.17, 15) is 13.6 Å². The van der Waals surface area contributed by atoms with Crippen LogP contribution in [0.1, 0.15) is 43.4 Å². The van der Waals surface area contributed by atoms with Crippen molar-refractivity contribution >= 4 is 17.6 Å². The molecule has 0 amide bonds. The molecule has 0 unspecified atom stereocenters. The molecule has 0 aliphatic carbocycles. The lowest BCUT2D eigenvalue weighted by atomic mass is 9.80. The van der Waals surface area contributed by atoms with E-state index in [1.807, 2.05) is 0 Å². The highest BCUT2D eigenvalue weighted by molar-refractivity contribution is 6.31. The Morgan fingerprint density at radius 1 is 1.25 bits per heavy atom. The molecule has 112 valence electrons. The minimum absolute atomic E-state index is 0.0853. The maximum absolute atomic E-state index is 14.4. The third-order valence-corrected chi connectivity index (χ3v) is 3.64. The summed E-state index contributed by atoms with van der Waals surface area (Å²) in [5.41, 5.74) is -0.0763. The lowest BCUT2D eigenvalue weighted by Gasteiger charge is -2.29. The molecule has 20 heavy (non-hydrogen) atoms. The second-order valence-corrected chi connectivity index (χ2v) is 6.44. The third-order valence-electron chi connectivity index (χ3n) is 3.23. The van der Waals surface area contributed by atoms with Crippen LogP contribution in [0.5, 0.6) is 0 Å². The number of aryl methyl sites for hydroxylation is 2. The molecule has 1 N–H and O–H groups in total. The first kappa shape index (κ1) is 16.9. The molecule has 0 aliphatic heterocycles. The first-order valence-corrected chi connectivity index (χ1v) is 6.69. The second kappa shape index (κ2) is 5.68. The zero-order valence-electron chi connectivity index (χ0n) is 12.1. The van der Waals surface area contributed by atoms with Gasteiger partial charge in [-0.25, -0.2) is 8.78 Å². The summed E-state index contributed by atoms with van der Waals surface area (Å²) >= 11 is 5.92. The standard InChI is InChI=1S/C15H19ClF2O2/c1-9-6-12(16)10(2)5-11(9)15(17,18)8-14(3,4)7-13(19)20/h5-6H,7-8H2,1-4H3,(H,19,20). The summed E-state index contributed by atoms with van der Waals surface area (Å²) < 4.78 is 28.9. The summed E-state index contributed by atoms with van der Waals surface area (Å²) in [4.78, 5) is 10.7. The van der Waals surface area contributed by atoms with Gasteiger partial charge in [0.15, 0.2) is 0 Å². The molecule has 0 saturated heterocycles. The highest BCUT2D eigenvalue weighted by Gasteiger charge is 2.40. The molecule has 0 saturated carbocycles. The molecule has 5 heteroatoms. The molecule has 0 fully saturated rings. The van der Waals surface area contributed by atoms with Crippen LogP contribution in [0.25, 0.3) is 0 Å². The van der Waals surface area contributed by atoms with E-state index in [2.05, 4.69) is 0 Å². The van der Waals surface area contributed by atoms with Crippen LogP contribution in [0.15, 0.2) is 12.1 Å². The second-order valence-electron chi connectivity index (χ2n) is 6.03. The van der Waals surface area contributed by atoms with Gasteiger partial charge in [0.05, 0.1) is 6.42 Å². The Hall–Kier alpha value is -1.16. The van der Waals surface area contributed by atoms with Gasteiger partial charge in [-0.1, -0.05) is 25.4 Å². The highest BCUT2D eigenvalue weighted by atomic mass is 35.5. The molecule has 1 rings (SSSR count). The van der Waals surface area contributed by atoms with Gasteiger partial charge in [0.1, 0.15) is 0 Å². The smallest absolute Gasteiger partial charge is 0.303 e. The SMILES string of the molecule is Cc1cc(C(F)(F)CC(C)(C)CC(=O)O)c(C)cc1Cl. The van der Waals surface area contributed by atoms with Crippen LogP contribution in [-0.2, 0) is 10.7 Å². The molecule has 2 nitrogen and oxygen atoms in total. The van der Waals surface area contributed by atoms with Crippen LogP contribution in [0.2, 0.25) is 5.02 Å². The molecule has 0 radical (unpaired) electrons. The molecule has 0 spiro atoms. The topological polar surface area (TPSA) is 37.3 Å². The lowest BCUT2D eigenvalue weighted by Crippen LogP contribution is -2.27. The maximum atomic E-state index is 14.4. The third kappa shape index (κ3) is 4.17. The minimum atomic E-state index is -3.08. The van der Waals surface area contributed by atoms with Crippen LogP contribution in [0.4, 0.5) is 8.78 Å². The molecular formula is C15H19ClF2O2. The molecular weight excluding hydrogens is 286 g/mol. The van der Waals surface area contributed by atoms with Gasteiger partial charge in [-0.05, 0) is 42.5 Å². The number of carbonyl (C=O) groups is 1. The number of alkyl halides is 2. The van der Waals surface area contributed by atoms with Crippen molar-refractivity contribution in [3.05, 3.63) is 33.8 Å². The Morgan fingerprint density at radius 3 is 2.30 bits per heavy atom. The monoisotopic (exact) mass is 304 g/mol. The number of halogens is 3. The molecule has 1 aromatic rings. The van der Waals surface area contributed by atoms with Gasteiger partial charge in [-0.15, -0.1) is 0 Å². The maximum Gasteiger partial charge on any atom is 0.303 e. The van der Waals surface area contributed by atoms with Crippen LogP contribution in [0.3, 0.4) is 0 Å². The fourth-order valence-corrected chi connectivity index (χ4v) is 2.56. The molecule has 1 aromatic carbocycles. The molecule has 0 bridgehead atoms. The molecule has 0 aromatic heterocycles. The van der Waals surface area contributed by atoms with Gasteiger partial charge in [0.25, 0.3) is 5.92 Å². The fraction of sp³-hybridized carbons (Fsp3) is 0.533. The van der Waals surface area contributed by atoms with E-state index < -0.39 is 23.7 Å². The van der Waals surface area contributed by atoms with Crippen molar-refractivity contribution in [3.63, 3.8) is 0 Å². The van der Waals surface area contributed by atoms with Gasteiger partial charge in [0.2, 0.25) is 0 Å². The first-order valence-electron chi connectivity index (χ1n) is 6.31. The van der Waals surface area contributed by atoms with Crippen molar-refractivity contribution in [3.8, 4) is 0 Å². The van der Waals surface area contributed by atoms with Crippen molar-refractivity contribution in [2.24, 2.45) is 5.41 Å². The average Bonchev–Trinajstić information content (AvgIpc) is 2.19. The van der Waals surface area contributed by atoms with E-state index in [0.29, 0.717) is 16.1 Å². The van der Waals surface area contributed by atoms with E-state index in [1.54, 1.807) is 13.8 Å². The zero-order chi connectivity index (χ0) is 15.7. The zero-order valence-corrected chi connectivity index (χ0v) is 12.8. The number of hydrogen-bond donors (Lipinski definition) is 1. The van der Waals surface area contributed by atoms with Crippen LogP contribution >= 0.6 is 11.6 Å². The Labute approximate surface area is 122 Å². The number of rotatable bonds is 5. The average molecular weight is 305 g/mol. The number of benzene rings is 1. The van der Waals surface area contributed by atoms with E-state index >= 15 is 0 Å². The summed E-state index contributed by atoms with van der Waals surface area (Å²) in [5, 5.41) is 9.24. The fourth-order valence-electron chi connectivity index (χ4n) is 2.34. The van der Waals surface area contributed by atoms with E-state index in [4.69, 9.17) is 16.7 Å². The predicted octanol–water partition coefficient (Wildman–Crippen LogP) is 4.94. The minimum Gasteiger partial charge on any atom is -0.481 e. The lowest BCUT2D eigenvalue weighted by molar-refractivity contribution is -0.140. The normalized spacial score (nSPS) is 12.6. The number of carboxylic acid groups (broad SMARTS) is 1. The Morgan fingerprint density at radius 2 is 1.80 bits per heavy atom. The van der Waals surface area contributed by atoms with Crippen LogP contribution in [-0.4, -0.2) is 11.1 Å². The number of carboxylic acids is 1. The van der Waals surface area contributed by atoms with Gasteiger partial charge >= 0.3 is 5.97 Å². The van der Waals surface area contributed by atoms with Crippen molar-refractivity contribution in [2.75, 3.05) is 0 Å². The van der Waals surface area contributed by atoms with Crippen LogP contribution in [0, 0.1) is 19.3 Å². The summed E-state index contributed by atoms with van der Waals surface area (Å²) in [7, 11) is 0. The van der Waals surface area contributed by atoms with Gasteiger partial charge in [0, 0.05) is 17.0 Å². The van der Waals surface area contributed by atoms with Crippen molar-refractivity contribution in [1.29, 1.82) is 0 Å². The van der Waals surface area contributed by atoms with Crippen molar-refractivity contribution in [1.82, 2.24) is 0 Å². The van der Waals surface area contributed by atoms with Crippen molar-refractivity contribution < 1.29 is 18.7 Å². The molecule has 0 heterocycles. The summed E-state index contributed by atoms with van der Waals surface area (Å²) in [6.07, 6.45) is -0.817. The Balaban J connectivity index is 3.11. The van der Waals surface area contributed by atoms with Crippen LogP contribution < -0.4 is 0 Å². The van der Waals surface area contributed by atoms with E-state index in [1.165, 1.54) is 26.0 Å². The predicted molar refractivity (Wildman–Crippen MR) is 75.5 cm³/mol. The van der Waals surface area contributed by atoms with Gasteiger partial charge < -0.3 is 5.11 Å². The van der Waals surface area contributed by atoms with Crippen molar-refractivity contribution in [2.45, 2.75) is 46.5 Å². The number of hydrogen-bond acceptors (Lipinski definition) is 1. The Kier molecular flexibility index (Phi) is 4.80. The first-order chi connectivity index (χ1) is 8.94.